The van der Waals surface area contributed by atoms with Crippen LogP contribution in [0.1, 0.15) is 83.5 Å². The van der Waals surface area contributed by atoms with Crippen molar-refractivity contribution < 1.29 is 0 Å². The van der Waals surface area contributed by atoms with E-state index in [1.807, 2.05) is 42.6 Å². The standard InChI is InChI=1S/C51H43N5/c1-34-43-25-11-12-26-45(43)46-31-42(27-28-44(34)46)49(52)56-50(37-18-7-3-8-19-37)53-33-35-15-13-22-39(29-35)40-23-14-24-41(30-40)48-32-47(36-16-5-2-6-17-36)54-51(55-48)38-20-9-4-10-21-38/h2-10,13-18,20-31,33-34,37,47,52H,11-12,19,32H2,1H3/b52-49?,53-33+,56-50-/t34-,37?,47?/m0/s1. The molecule has 56 heavy (non-hydrogen) atoms. The summed E-state index contributed by atoms with van der Waals surface area (Å²) in [5, 5.41) is 9.13. The summed E-state index contributed by atoms with van der Waals surface area (Å²) < 4.78 is 0. The van der Waals surface area contributed by atoms with Crippen LogP contribution in [0.4, 0.5) is 0 Å². The van der Waals surface area contributed by atoms with Crippen LogP contribution in [-0.2, 0) is 0 Å². The molecule has 0 fully saturated rings. The van der Waals surface area contributed by atoms with Crippen molar-refractivity contribution >= 4 is 35.0 Å². The molecule has 1 heterocycles. The summed E-state index contributed by atoms with van der Waals surface area (Å²) in [4.78, 5) is 20.1. The number of amidine groups is 3. The maximum atomic E-state index is 9.13. The Balaban J connectivity index is 0.996. The van der Waals surface area contributed by atoms with Gasteiger partial charge in [0.15, 0.2) is 11.7 Å². The van der Waals surface area contributed by atoms with Gasteiger partial charge in [-0.05, 0) is 87.6 Å². The maximum absolute atomic E-state index is 9.13. The molecule has 5 aromatic rings. The van der Waals surface area contributed by atoms with Crippen LogP contribution >= 0.6 is 0 Å². The van der Waals surface area contributed by atoms with Gasteiger partial charge in [0, 0.05) is 35.6 Å². The fourth-order valence-corrected chi connectivity index (χ4v) is 8.18. The minimum Gasteiger partial charge on any atom is -0.282 e. The summed E-state index contributed by atoms with van der Waals surface area (Å²) in [5.74, 6) is 2.00. The molecule has 0 radical (unpaired) electrons. The van der Waals surface area contributed by atoms with Crippen molar-refractivity contribution in [3.8, 4) is 11.1 Å². The second kappa shape index (κ2) is 15.6. The van der Waals surface area contributed by atoms with E-state index < -0.39 is 0 Å². The van der Waals surface area contributed by atoms with Crippen LogP contribution in [0.5, 0.6) is 0 Å². The molecule has 1 N–H and O–H groups in total. The molecule has 0 spiro atoms. The molecular weight excluding hydrogens is 683 g/mol. The third-order valence-corrected chi connectivity index (χ3v) is 11.2. The topological polar surface area (TPSA) is 73.3 Å². The van der Waals surface area contributed by atoms with Gasteiger partial charge < -0.3 is 0 Å². The zero-order chi connectivity index (χ0) is 37.8. The number of aliphatic imine (C=N–C) groups is 4. The fraction of sp³-hybridized carbons (Fsp3) is 0.157. The minimum absolute atomic E-state index is 0.0122. The Bertz CT molecular complexity index is 2560. The van der Waals surface area contributed by atoms with E-state index in [1.165, 1.54) is 27.8 Å². The van der Waals surface area contributed by atoms with E-state index in [4.69, 9.17) is 25.4 Å². The largest absolute Gasteiger partial charge is 0.282 e. The Morgan fingerprint density at radius 2 is 1.50 bits per heavy atom. The van der Waals surface area contributed by atoms with Crippen LogP contribution in [0.3, 0.4) is 0 Å². The fourth-order valence-electron chi connectivity index (χ4n) is 8.18. The predicted molar refractivity (Wildman–Crippen MR) is 234 cm³/mol. The van der Waals surface area contributed by atoms with E-state index in [0.717, 1.165) is 70.6 Å². The van der Waals surface area contributed by atoms with Crippen LogP contribution in [-0.4, -0.2) is 29.4 Å². The highest BCUT2D eigenvalue weighted by atomic mass is 15.0. The van der Waals surface area contributed by atoms with Crippen LogP contribution in [0, 0.1) is 11.3 Å². The zero-order valence-electron chi connectivity index (χ0n) is 31.5. The molecule has 5 nitrogen and oxygen atoms in total. The first kappa shape index (κ1) is 35.1. The maximum Gasteiger partial charge on any atom is 0.155 e. The number of hydrogen-bond donors (Lipinski definition) is 1. The molecule has 1 aliphatic heterocycles. The molecule has 0 bridgehead atoms. The smallest absolute Gasteiger partial charge is 0.155 e. The molecule has 3 atom stereocenters. The van der Waals surface area contributed by atoms with Crippen LogP contribution in [0.2, 0.25) is 0 Å². The lowest BCUT2D eigenvalue weighted by atomic mass is 9.93. The molecule has 272 valence electrons. The summed E-state index contributed by atoms with van der Waals surface area (Å²) in [7, 11) is 0. The van der Waals surface area contributed by atoms with Gasteiger partial charge >= 0.3 is 0 Å². The molecule has 5 aromatic carbocycles. The second-order valence-electron chi connectivity index (χ2n) is 14.8. The Labute approximate surface area is 329 Å². The number of rotatable bonds is 7. The lowest BCUT2D eigenvalue weighted by Gasteiger charge is -2.21. The first-order chi connectivity index (χ1) is 27.6. The summed E-state index contributed by atoms with van der Waals surface area (Å²) in [6, 6.07) is 44.2. The number of nitrogens with one attached hydrogen (secondary N) is 1. The van der Waals surface area contributed by atoms with E-state index in [2.05, 4.69) is 134 Å². The van der Waals surface area contributed by atoms with E-state index >= 15 is 0 Å². The minimum atomic E-state index is -0.0142. The third-order valence-electron chi connectivity index (χ3n) is 11.2. The van der Waals surface area contributed by atoms with Gasteiger partial charge in [0.05, 0.1) is 11.8 Å². The van der Waals surface area contributed by atoms with Gasteiger partial charge in [0.1, 0.15) is 5.84 Å². The average Bonchev–Trinajstić information content (AvgIpc) is 3.56. The van der Waals surface area contributed by atoms with E-state index in [9.17, 15) is 0 Å². The van der Waals surface area contributed by atoms with Gasteiger partial charge in [-0.25, -0.2) is 15.0 Å². The molecule has 0 aromatic heterocycles. The summed E-state index contributed by atoms with van der Waals surface area (Å²) in [5.41, 5.74) is 13.6. The van der Waals surface area contributed by atoms with Gasteiger partial charge in [0.25, 0.3) is 0 Å². The van der Waals surface area contributed by atoms with Crippen molar-refractivity contribution in [1.29, 1.82) is 5.41 Å². The number of benzene rings is 5. The first-order valence-electron chi connectivity index (χ1n) is 19.6. The summed E-state index contributed by atoms with van der Waals surface area (Å²) >= 11 is 0. The molecule has 4 aliphatic rings. The Morgan fingerprint density at radius 3 is 2.32 bits per heavy atom. The van der Waals surface area contributed by atoms with Crippen molar-refractivity contribution in [3.05, 3.63) is 208 Å². The molecule has 3 aliphatic carbocycles. The van der Waals surface area contributed by atoms with Crippen molar-refractivity contribution in [3.63, 3.8) is 0 Å². The predicted octanol–water partition coefficient (Wildman–Crippen LogP) is 11.9. The molecule has 0 saturated carbocycles. The summed E-state index contributed by atoms with van der Waals surface area (Å²) in [6.07, 6.45) is 18.7. The van der Waals surface area contributed by atoms with E-state index in [-0.39, 0.29) is 17.8 Å². The van der Waals surface area contributed by atoms with Crippen molar-refractivity contribution in [2.75, 3.05) is 0 Å². The lowest BCUT2D eigenvalue weighted by molar-refractivity contribution is 0.753. The summed E-state index contributed by atoms with van der Waals surface area (Å²) in [6.45, 7) is 2.28. The molecule has 0 saturated heterocycles. The monoisotopic (exact) mass is 725 g/mol. The van der Waals surface area contributed by atoms with Crippen LogP contribution in [0.25, 0.3) is 16.7 Å². The van der Waals surface area contributed by atoms with Gasteiger partial charge in [-0.2, -0.15) is 0 Å². The third kappa shape index (κ3) is 7.28. The molecule has 2 unspecified atom stereocenters. The zero-order valence-corrected chi connectivity index (χ0v) is 31.5. The number of nitrogens with zero attached hydrogens (tertiary/aromatic N) is 4. The molecular formula is C51H43N5. The number of allylic oxidation sites excluding steroid dienone is 7. The number of hydrogen-bond acceptors (Lipinski definition) is 3. The van der Waals surface area contributed by atoms with Crippen LogP contribution < -0.4 is 0 Å². The molecule has 0 amide bonds. The second-order valence-corrected chi connectivity index (χ2v) is 14.8. The quantitative estimate of drug-likeness (QED) is 0.128. The SMILES string of the molecule is C[C@H]1C2=CCCC=C2c2cc(C(=N)/N=C(\N=C\c3cccc(-c4cccc(C5=NC(c6ccccc6)=NC(c6ccccc6)C5)c4)c3)C3C=CC=CC3)ccc21. The highest BCUT2D eigenvalue weighted by molar-refractivity contribution is 6.14. The highest BCUT2D eigenvalue weighted by Crippen LogP contribution is 2.47. The molecule has 5 heteroatoms. The van der Waals surface area contributed by atoms with Crippen molar-refractivity contribution in [2.24, 2.45) is 25.9 Å². The van der Waals surface area contributed by atoms with Gasteiger partial charge in [-0.1, -0.05) is 153 Å². The van der Waals surface area contributed by atoms with Crippen LogP contribution in [0.15, 0.2) is 189 Å². The van der Waals surface area contributed by atoms with Gasteiger partial charge in [-0.3, -0.25) is 10.4 Å². The Hall–Kier alpha value is -6.59. The van der Waals surface area contributed by atoms with E-state index in [1.54, 1.807) is 0 Å². The first-order valence-corrected chi connectivity index (χ1v) is 19.6. The highest BCUT2D eigenvalue weighted by Gasteiger charge is 2.30. The number of fused-ring (bicyclic) bond motifs is 3. The average molecular weight is 726 g/mol. The molecule has 9 rings (SSSR count). The van der Waals surface area contributed by atoms with Crippen molar-refractivity contribution in [2.45, 2.75) is 44.6 Å². The lowest BCUT2D eigenvalue weighted by Crippen LogP contribution is -2.17. The normalized spacial score (nSPS) is 20.2. The van der Waals surface area contributed by atoms with Gasteiger partial charge in [-0.15, -0.1) is 0 Å². The van der Waals surface area contributed by atoms with Gasteiger partial charge in [0.2, 0.25) is 0 Å². The Kier molecular flexibility index (Phi) is 9.81. The Morgan fingerprint density at radius 1 is 0.750 bits per heavy atom. The van der Waals surface area contributed by atoms with Crippen molar-refractivity contribution in [1.82, 2.24) is 0 Å². The van der Waals surface area contributed by atoms with E-state index in [0.29, 0.717) is 11.8 Å².